The average molecular weight is 400 g/mol. The predicted octanol–water partition coefficient (Wildman–Crippen LogP) is 3.71. The predicted molar refractivity (Wildman–Crippen MR) is 108 cm³/mol. The second kappa shape index (κ2) is 9.77. The highest BCUT2D eigenvalue weighted by atomic mass is 35.5. The van der Waals surface area contributed by atoms with E-state index in [1.165, 1.54) is 11.9 Å². The summed E-state index contributed by atoms with van der Waals surface area (Å²) in [5.74, 6) is -0.506. The van der Waals surface area contributed by atoms with Gasteiger partial charge in [-0.15, -0.1) is 0 Å². The molecule has 0 radical (unpaired) electrons. The first-order valence-electron chi connectivity index (χ1n) is 8.78. The highest BCUT2D eigenvalue weighted by molar-refractivity contribution is 6.30. The van der Waals surface area contributed by atoms with Gasteiger partial charge in [-0.2, -0.15) is 5.26 Å². The first kappa shape index (κ1) is 21.3. The lowest BCUT2D eigenvalue weighted by Gasteiger charge is -2.27. The maximum absolute atomic E-state index is 12.8. The number of likely N-dealkylation sites (N-methyl/N-ethyl adjacent to an activating group) is 1. The Morgan fingerprint density at radius 2 is 1.93 bits per heavy atom. The lowest BCUT2D eigenvalue weighted by molar-refractivity contribution is -0.141. The van der Waals surface area contributed by atoms with E-state index in [4.69, 9.17) is 16.3 Å². The van der Waals surface area contributed by atoms with E-state index in [2.05, 4.69) is 5.32 Å². The van der Waals surface area contributed by atoms with E-state index < -0.39 is 6.10 Å². The quantitative estimate of drug-likeness (QED) is 0.769. The molecule has 0 fully saturated rings. The third-order valence-electron chi connectivity index (χ3n) is 3.98. The molecular formula is C21H22ClN3O3. The first-order valence-corrected chi connectivity index (χ1v) is 9.15. The van der Waals surface area contributed by atoms with Crippen LogP contribution in [-0.4, -0.2) is 36.4 Å². The Kier molecular flexibility index (Phi) is 7.42. The Labute approximate surface area is 169 Å². The number of nitrogens with one attached hydrogen (secondary N) is 1. The molecule has 2 aromatic carbocycles. The zero-order valence-corrected chi connectivity index (χ0v) is 16.7. The molecule has 0 saturated carbocycles. The lowest BCUT2D eigenvalue weighted by atomic mass is 10.1. The molecule has 0 saturated heterocycles. The highest BCUT2D eigenvalue weighted by Crippen LogP contribution is 2.22. The van der Waals surface area contributed by atoms with Crippen LogP contribution in [0.1, 0.15) is 19.4 Å². The number of hydrogen-bond donors (Lipinski definition) is 1. The standard InChI is InChI=1S/C21H22ClN3O3/c1-14(2)20(28-18-10-5-4-7-15(18)12-23)21(27)25(3)13-19(26)24-17-9-6-8-16(22)11-17/h4-11,14,20H,13H2,1-3H3,(H,24,26). The van der Waals surface area contributed by atoms with Gasteiger partial charge in [0, 0.05) is 17.8 Å². The van der Waals surface area contributed by atoms with E-state index in [-0.39, 0.29) is 24.3 Å². The molecule has 0 aliphatic rings. The van der Waals surface area contributed by atoms with Gasteiger partial charge in [0.1, 0.15) is 11.8 Å². The molecule has 2 amide bonds. The van der Waals surface area contributed by atoms with Crippen molar-refractivity contribution in [3.8, 4) is 11.8 Å². The molecule has 146 valence electrons. The van der Waals surface area contributed by atoms with Crippen LogP contribution in [0.4, 0.5) is 5.69 Å². The van der Waals surface area contributed by atoms with Gasteiger partial charge in [0.25, 0.3) is 5.91 Å². The van der Waals surface area contributed by atoms with E-state index in [1.807, 2.05) is 19.9 Å². The van der Waals surface area contributed by atoms with Crippen LogP contribution in [-0.2, 0) is 9.59 Å². The minimum Gasteiger partial charge on any atom is -0.479 e. The Balaban J connectivity index is 2.05. The van der Waals surface area contributed by atoms with Gasteiger partial charge in [-0.1, -0.05) is 43.6 Å². The minimum atomic E-state index is -0.821. The van der Waals surface area contributed by atoms with Crippen molar-refractivity contribution in [1.82, 2.24) is 4.90 Å². The van der Waals surface area contributed by atoms with Gasteiger partial charge in [-0.25, -0.2) is 0 Å². The van der Waals surface area contributed by atoms with Gasteiger partial charge in [0.15, 0.2) is 6.10 Å². The molecule has 0 aromatic heterocycles. The van der Waals surface area contributed by atoms with Gasteiger partial charge in [0.2, 0.25) is 5.91 Å². The normalized spacial score (nSPS) is 11.4. The third-order valence-corrected chi connectivity index (χ3v) is 4.21. The van der Waals surface area contributed by atoms with Crippen LogP contribution in [0, 0.1) is 17.2 Å². The van der Waals surface area contributed by atoms with Crippen LogP contribution in [0.5, 0.6) is 5.75 Å². The topological polar surface area (TPSA) is 82.4 Å². The number of amides is 2. The Bertz CT molecular complexity index is 892. The van der Waals surface area contributed by atoms with Crippen molar-refractivity contribution < 1.29 is 14.3 Å². The molecule has 28 heavy (non-hydrogen) atoms. The number of para-hydroxylation sites is 1. The molecule has 0 spiro atoms. The Hall–Kier alpha value is -3.04. The second-order valence-corrected chi connectivity index (χ2v) is 7.08. The smallest absolute Gasteiger partial charge is 0.264 e. The number of nitrogens with zero attached hydrogens (tertiary/aromatic N) is 2. The second-order valence-electron chi connectivity index (χ2n) is 6.64. The molecular weight excluding hydrogens is 378 g/mol. The summed E-state index contributed by atoms with van der Waals surface area (Å²) in [6.45, 7) is 3.55. The number of benzene rings is 2. The number of rotatable bonds is 7. The van der Waals surface area contributed by atoms with Gasteiger partial charge in [-0.3, -0.25) is 9.59 Å². The third kappa shape index (κ3) is 5.73. The van der Waals surface area contributed by atoms with Crippen molar-refractivity contribution in [1.29, 1.82) is 5.26 Å². The number of nitriles is 1. The highest BCUT2D eigenvalue weighted by Gasteiger charge is 2.29. The molecule has 2 aromatic rings. The first-order chi connectivity index (χ1) is 13.3. The van der Waals surface area contributed by atoms with Crippen molar-refractivity contribution in [2.24, 2.45) is 5.92 Å². The summed E-state index contributed by atoms with van der Waals surface area (Å²) >= 11 is 5.91. The molecule has 0 aliphatic carbocycles. The number of carbonyl (C=O) groups excluding carboxylic acids is 2. The van der Waals surface area contributed by atoms with Crippen LogP contribution in [0.3, 0.4) is 0 Å². The molecule has 1 unspecified atom stereocenters. The summed E-state index contributed by atoms with van der Waals surface area (Å²) in [6, 6.07) is 15.5. The summed E-state index contributed by atoms with van der Waals surface area (Å²) in [5.41, 5.74) is 0.903. The fraction of sp³-hybridized carbons (Fsp3) is 0.286. The number of ether oxygens (including phenoxy) is 1. The number of anilines is 1. The van der Waals surface area contributed by atoms with Crippen LogP contribution in [0.15, 0.2) is 48.5 Å². The van der Waals surface area contributed by atoms with E-state index in [9.17, 15) is 14.9 Å². The van der Waals surface area contributed by atoms with Crippen molar-refractivity contribution in [2.75, 3.05) is 18.9 Å². The molecule has 7 heteroatoms. The van der Waals surface area contributed by atoms with Crippen molar-refractivity contribution in [2.45, 2.75) is 20.0 Å². The summed E-state index contributed by atoms with van der Waals surface area (Å²) in [5, 5.41) is 12.4. The van der Waals surface area contributed by atoms with Crippen molar-refractivity contribution in [3.05, 3.63) is 59.1 Å². The van der Waals surface area contributed by atoms with E-state index in [0.717, 1.165) is 0 Å². The van der Waals surface area contributed by atoms with Crippen LogP contribution in [0.2, 0.25) is 5.02 Å². The summed E-state index contributed by atoms with van der Waals surface area (Å²) in [6.07, 6.45) is -0.821. The van der Waals surface area contributed by atoms with Gasteiger partial charge in [0.05, 0.1) is 12.1 Å². The van der Waals surface area contributed by atoms with Crippen LogP contribution < -0.4 is 10.1 Å². The SMILES string of the molecule is CC(C)C(Oc1ccccc1C#N)C(=O)N(C)CC(=O)Nc1cccc(Cl)c1. The van der Waals surface area contributed by atoms with Gasteiger partial charge >= 0.3 is 0 Å². The monoisotopic (exact) mass is 399 g/mol. The molecule has 2 rings (SSSR count). The molecule has 1 atom stereocenters. The Morgan fingerprint density at radius 1 is 1.21 bits per heavy atom. The number of carbonyl (C=O) groups is 2. The van der Waals surface area contributed by atoms with Gasteiger partial charge in [-0.05, 0) is 36.2 Å². The number of halogens is 1. The largest absolute Gasteiger partial charge is 0.479 e. The molecule has 0 heterocycles. The zero-order valence-electron chi connectivity index (χ0n) is 16.0. The summed E-state index contributed by atoms with van der Waals surface area (Å²) < 4.78 is 5.83. The van der Waals surface area contributed by atoms with Crippen molar-refractivity contribution >= 4 is 29.1 Å². The summed E-state index contributed by atoms with van der Waals surface area (Å²) in [7, 11) is 1.54. The number of hydrogen-bond acceptors (Lipinski definition) is 4. The van der Waals surface area contributed by atoms with E-state index in [1.54, 1.807) is 48.5 Å². The lowest BCUT2D eigenvalue weighted by Crippen LogP contribution is -2.45. The van der Waals surface area contributed by atoms with E-state index in [0.29, 0.717) is 22.0 Å². The molecule has 1 N–H and O–H groups in total. The minimum absolute atomic E-state index is 0.141. The average Bonchev–Trinajstić information content (AvgIpc) is 2.65. The maximum atomic E-state index is 12.8. The summed E-state index contributed by atoms with van der Waals surface area (Å²) in [4.78, 5) is 26.4. The molecule has 0 aliphatic heterocycles. The maximum Gasteiger partial charge on any atom is 0.264 e. The van der Waals surface area contributed by atoms with Crippen molar-refractivity contribution in [3.63, 3.8) is 0 Å². The Morgan fingerprint density at radius 3 is 2.57 bits per heavy atom. The van der Waals surface area contributed by atoms with Crippen LogP contribution >= 0.6 is 11.6 Å². The van der Waals surface area contributed by atoms with Crippen LogP contribution in [0.25, 0.3) is 0 Å². The molecule has 6 nitrogen and oxygen atoms in total. The van der Waals surface area contributed by atoms with Gasteiger partial charge < -0.3 is 15.0 Å². The fourth-order valence-corrected chi connectivity index (χ4v) is 2.74. The molecule has 0 bridgehead atoms. The fourth-order valence-electron chi connectivity index (χ4n) is 2.55. The van der Waals surface area contributed by atoms with E-state index >= 15 is 0 Å². The zero-order chi connectivity index (χ0) is 20.7.